The molecular weight excluding hydrogens is 133 g/mol. The van der Waals surface area contributed by atoms with E-state index in [0.29, 0.717) is 0 Å². The summed E-state index contributed by atoms with van der Waals surface area (Å²) in [6.07, 6.45) is -1.14. The molecule has 3 heteroatoms. The molecule has 0 radical (unpaired) electrons. The van der Waals surface area contributed by atoms with Crippen molar-refractivity contribution in [2.75, 3.05) is 13.2 Å². The third kappa shape index (κ3) is 5.98. The van der Waals surface area contributed by atoms with Crippen LogP contribution in [-0.2, 0) is 0 Å². The number of aliphatic hydroxyl groups excluding tert-OH is 1. The standard InChI is InChI=1S/C7H16FNO/c1-7(2,3)9-4-6(8)5-10/h6,9-10H,4-5H2,1-3H3/t6-/m1/s1. The van der Waals surface area contributed by atoms with Crippen molar-refractivity contribution in [3.8, 4) is 0 Å². The van der Waals surface area contributed by atoms with Gasteiger partial charge in [-0.3, -0.25) is 0 Å². The highest BCUT2D eigenvalue weighted by molar-refractivity contribution is 4.72. The van der Waals surface area contributed by atoms with E-state index in [0.717, 1.165) is 0 Å². The smallest absolute Gasteiger partial charge is 0.135 e. The maximum atomic E-state index is 12.3. The number of nitrogens with one attached hydrogen (secondary N) is 1. The van der Waals surface area contributed by atoms with Gasteiger partial charge in [-0.05, 0) is 20.8 Å². The lowest BCUT2D eigenvalue weighted by Gasteiger charge is -2.21. The topological polar surface area (TPSA) is 32.3 Å². The molecular formula is C7H16FNO. The Balaban J connectivity index is 3.36. The van der Waals surface area contributed by atoms with Gasteiger partial charge in [-0.25, -0.2) is 4.39 Å². The summed E-state index contributed by atoms with van der Waals surface area (Å²) in [6.45, 7) is 5.69. The molecule has 0 aromatic rings. The Morgan fingerprint density at radius 3 is 2.30 bits per heavy atom. The van der Waals surface area contributed by atoms with Gasteiger partial charge in [-0.15, -0.1) is 0 Å². The summed E-state index contributed by atoms with van der Waals surface area (Å²) in [5.74, 6) is 0. The van der Waals surface area contributed by atoms with Crippen molar-refractivity contribution in [1.29, 1.82) is 0 Å². The van der Waals surface area contributed by atoms with Crippen LogP contribution in [0, 0.1) is 0 Å². The van der Waals surface area contributed by atoms with Crippen molar-refractivity contribution >= 4 is 0 Å². The van der Waals surface area contributed by atoms with Crippen LogP contribution in [0.3, 0.4) is 0 Å². The molecule has 62 valence electrons. The molecule has 0 rings (SSSR count). The van der Waals surface area contributed by atoms with Gasteiger partial charge in [0.2, 0.25) is 0 Å². The second kappa shape index (κ2) is 3.88. The quantitative estimate of drug-likeness (QED) is 0.619. The Morgan fingerprint density at radius 1 is 1.50 bits per heavy atom. The summed E-state index contributed by atoms with van der Waals surface area (Å²) < 4.78 is 12.3. The summed E-state index contributed by atoms with van der Waals surface area (Å²) in [6, 6.07) is 0. The molecule has 0 saturated carbocycles. The van der Waals surface area contributed by atoms with Gasteiger partial charge in [0.25, 0.3) is 0 Å². The zero-order valence-corrected chi connectivity index (χ0v) is 6.82. The van der Waals surface area contributed by atoms with Crippen LogP contribution in [0.4, 0.5) is 4.39 Å². The van der Waals surface area contributed by atoms with E-state index in [1.807, 2.05) is 20.8 Å². The highest BCUT2D eigenvalue weighted by Gasteiger charge is 2.11. The fourth-order valence-electron chi connectivity index (χ4n) is 0.481. The van der Waals surface area contributed by atoms with Crippen molar-refractivity contribution in [3.63, 3.8) is 0 Å². The number of hydrogen-bond acceptors (Lipinski definition) is 2. The lowest BCUT2D eigenvalue weighted by molar-refractivity contribution is 0.167. The lowest BCUT2D eigenvalue weighted by Crippen LogP contribution is -2.40. The Kier molecular flexibility index (Phi) is 3.83. The van der Waals surface area contributed by atoms with Crippen molar-refractivity contribution < 1.29 is 9.50 Å². The Labute approximate surface area is 61.4 Å². The minimum Gasteiger partial charge on any atom is -0.393 e. The summed E-state index contributed by atoms with van der Waals surface area (Å²) in [5.41, 5.74) is -0.0699. The van der Waals surface area contributed by atoms with E-state index in [9.17, 15) is 4.39 Å². The zero-order chi connectivity index (χ0) is 8.20. The average Bonchev–Trinajstić information content (AvgIpc) is 1.81. The van der Waals surface area contributed by atoms with E-state index >= 15 is 0 Å². The Hall–Kier alpha value is -0.150. The lowest BCUT2D eigenvalue weighted by atomic mass is 10.1. The number of aliphatic hydroxyl groups is 1. The van der Waals surface area contributed by atoms with Gasteiger partial charge in [-0.2, -0.15) is 0 Å². The monoisotopic (exact) mass is 149 g/mol. The molecule has 1 atom stereocenters. The molecule has 0 aliphatic rings. The first-order valence-corrected chi connectivity index (χ1v) is 3.45. The van der Waals surface area contributed by atoms with Crippen LogP contribution in [0.5, 0.6) is 0 Å². The summed E-state index contributed by atoms with van der Waals surface area (Å²) in [5, 5.41) is 11.3. The van der Waals surface area contributed by atoms with Crippen LogP contribution >= 0.6 is 0 Å². The van der Waals surface area contributed by atoms with Crippen molar-refractivity contribution in [3.05, 3.63) is 0 Å². The van der Waals surface area contributed by atoms with Gasteiger partial charge >= 0.3 is 0 Å². The molecule has 0 aliphatic heterocycles. The number of rotatable bonds is 3. The molecule has 0 spiro atoms. The fourth-order valence-corrected chi connectivity index (χ4v) is 0.481. The van der Waals surface area contributed by atoms with Gasteiger partial charge < -0.3 is 10.4 Å². The van der Waals surface area contributed by atoms with Gasteiger partial charge in [0.05, 0.1) is 6.61 Å². The van der Waals surface area contributed by atoms with E-state index in [2.05, 4.69) is 5.32 Å². The number of hydrogen-bond donors (Lipinski definition) is 2. The Morgan fingerprint density at radius 2 is 2.00 bits per heavy atom. The first-order valence-electron chi connectivity index (χ1n) is 3.45. The highest BCUT2D eigenvalue weighted by Crippen LogP contribution is 1.98. The van der Waals surface area contributed by atoms with Crippen LogP contribution in [0.15, 0.2) is 0 Å². The molecule has 0 aromatic heterocycles. The Bertz CT molecular complexity index is 90.1. The van der Waals surface area contributed by atoms with Crippen LogP contribution < -0.4 is 5.32 Å². The predicted octanol–water partition coefficient (Wildman–Crippen LogP) is 0.705. The van der Waals surface area contributed by atoms with E-state index in [-0.39, 0.29) is 12.1 Å². The maximum absolute atomic E-state index is 12.3. The third-order valence-electron chi connectivity index (χ3n) is 1.05. The minimum atomic E-state index is -1.14. The maximum Gasteiger partial charge on any atom is 0.135 e. The molecule has 0 bridgehead atoms. The minimum absolute atomic E-state index is 0.0699. The summed E-state index contributed by atoms with van der Waals surface area (Å²) in [4.78, 5) is 0. The van der Waals surface area contributed by atoms with Crippen molar-refractivity contribution in [2.24, 2.45) is 0 Å². The van der Waals surface area contributed by atoms with E-state index in [4.69, 9.17) is 5.11 Å². The molecule has 0 aromatic carbocycles. The van der Waals surface area contributed by atoms with E-state index in [1.165, 1.54) is 0 Å². The van der Waals surface area contributed by atoms with Crippen LogP contribution in [0.25, 0.3) is 0 Å². The second-order valence-corrected chi connectivity index (χ2v) is 3.41. The molecule has 10 heavy (non-hydrogen) atoms. The molecule has 0 amide bonds. The summed E-state index contributed by atoms with van der Waals surface area (Å²) >= 11 is 0. The second-order valence-electron chi connectivity index (χ2n) is 3.41. The average molecular weight is 149 g/mol. The highest BCUT2D eigenvalue weighted by atomic mass is 19.1. The van der Waals surface area contributed by atoms with Crippen LogP contribution in [0.2, 0.25) is 0 Å². The van der Waals surface area contributed by atoms with E-state index in [1.54, 1.807) is 0 Å². The first kappa shape index (κ1) is 9.85. The predicted molar refractivity (Wildman–Crippen MR) is 39.7 cm³/mol. The van der Waals surface area contributed by atoms with Crippen molar-refractivity contribution in [1.82, 2.24) is 5.32 Å². The van der Waals surface area contributed by atoms with E-state index < -0.39 is 12.8 Å². The largest absolute Gasteiger partial charge is 0.393 e. The van der Waals surface area contributed by atoms with Gasteiger partial charge in [0, 0.05) is 12.1 Å². The SMILES string of the molecule is CC(C)(C)NC[C@@H](F)CO. The molecule has 0 fully saturated rings. The van der Waals surface area contributed by atoms with Gasteiger partial charge in [0.15, 0.2) is 0 Å². The van der Waals surface area contributed by atoms with Gasteiger partial charge in [0.1, 0.15) is 6.17 Å². The van der Waals surface area contributed by atoms with Gasteiger partial charge in [-0.1, -0.05) is 0 Å². The number of alkyl halides is 1. The normalized spacial score (nSPS) is 15.3. The molecule has 2 N–H and O–H groups in total. The zero-order valence-electron chi connectivity index (χ0n) is 6.82. The molecule has 0 heterocycles. The first-order chi connectivity index (χ1) is 4.45. The van der Waals surface area contributed by atoms with Crippen molar-refractivity contribution in [2.45, 2.75) is 32.5 Å². The van der Waals surface area contributed by atoms with Crippen LogP contribution in [-0.4, -0.2) is 30.0 Å². The molecule has 0 aliphatic carbocycles. The molecule has 0 saturated heterocycles. The summed E-state index contributed by atoms with van der Waals surface area (Å²) in [7, 11) is 0. The molecule has 2 nitrogen and oxygen atoms in total. The molecule has 0 unspecified atom stereocenters. The number of halogens is 1. The van der Waals surface area contributed by atoms with Crippen LogP contribution in [0.1, 0.15) is 20.8 Å². The third-order valence-corrected chi connectivity index (χ3v) is 1.05. The fraction of sp³-hybridized carbons (Fsp3) is 1.00.